The van der Waals surface area contributed by atoms with E-state index in [0.29, 0.717) is 23.4 Å². The number of carbonyl (C=O) groups excluding carboxylic acids is 1. The van der Waals surface area contributed by atoms with Gasteiger partial charge in [0.2, 0.25) is 0 Å². The molecule has 0 unspecified atom stereocenters. The summed E-state index contributed by atoms with van der Waals surface area (Å²) in [5.74, 6) is 0.207. The Morgan fingerprint density at radius 2 is 2.11 bits per heavy atom. The highest BCUT2D eigenvalue weighted by Gasteiger charge is 2.16. The molecule has 0 saturated heterocycles. The summed E-state index contributed by atoms with van der Waals surface area (Å²) in [6.45, 7) is 3.97. The van der Waals surface area contributed by atoms with Gasteiger partial charge in [0, 0.05) is 15.6 Å². The number of aryl methyl sites for hydroxylation is 1. The highest BCUT2D eigenvalue weighted by molar-refractivity contribution is 9.10. The van der Waals surface area contributed by atoms with Crippen molar-refractivity contribution in [3.63, 3.8) is 0 Å². The SMILES string of the molecule is CCOC(=O)c1cc(OC)cc2c(Br)cc(C)nc12. The van der Waals surface area contributed by atoms with Crippen LogP contribution >= 0.6 is 15.9 Å². The third kappa shape index (κ3) is 2.71. The second-order valence-corrected chi connectivity index (χ2v) is 4.89. The van der Waals surface area contributed by atoms with Crippen LogP contribution < -0.4 is 4.74 Å². The molecule has 2 rings (SSSR count). The van der Waals surface area contributed by atoms with E-state index in [0.717, 1.165) is 15.6 Å². The fraction of sp³-hybridized carbons (Fsp3) is 0.286. The predicted octanol–water partition coefficient (Wildman–Crippen LogP) is 3.49. The van der Waals surface area contributed by atoms with E-state index >= 15 is 0 Å². The summed E-state index contributed by atoms with van der Waals surface area (Å²) in [5, 5.41) is 0.827. The largest absolute Gasteiger partial charge is 0.497 e. The van der Waals surface area contributed by atoms with Gasteiger partial charge in [0.05, 0.1) is 24.8 Å². The van der Waals surface area contributed by atoms with E-state index in [9.17, 15) is 4.79 Å². The molecule has 0 fully saturated rings. The molecule has 4 nitrogen and oxygen atoms in total. The number of hydrogen-bond acceptors (Lipinski definition) is 4. The molecule has 0 N–H and O–H groups in total. The van der Waals surface area contributed by atoms with E-state index in [1.54, 1.807) is 20.1 Å². The van der Waals surface area contributed by atoms with Crippen molar-refractivity contribution in [1.82, 2.24) is 4.98 Å². The third-order valence-corrected chi connectivity index (χ3v) is 3.35. The van der Waals surface area contributed by atoms with Gasteiger partial charge in [-0.05, 0) is 32.0 Å². The van der Waals surface area contributed by atoms with Crippen molar-refractivity contribution in [3.05, 3.63) is 33.9 Å². The maximum atomic E-state index is 12.0. The lowest BCUT2D eigenvalue weighted by Gasteiger charge is -2.10. The van der Waals surface area contributed by atoms with Crippen LogP contribution in [0.5, 0.6) is 5.75 Å². The quantitative estimate of drug-likeness (QED) is 0.811. The van der Waals surface area contributed by atoms with Gasteiger partial charge in [-0.15, -0.1) is 0 Å². The maximum Gasteiger partial charge on any atom is 0.340 e. The summed E-state index contributed by atoms with van der Waals surface area (Å²) < 4.78 is 11.2. The summed E-state index contributed by atoms with van der Waals surface area (Å²) in [4.78, 5) is 16.4. The Morgan fingerprint density at radius 3 is 2.74 bits per heavy atom. The van der Waals surface area contributed by atoms with Gasteiger partial charge in [0.1, 0.15) is 5.75 Å². The standard InChI is InChI=1S/C14H14BrNO3/c1-4-19-14(17)11-7-9(18-3)6-10-12(15)5-8(2)16-13(10)11/h5-7H,4H2,1-3H3. The van der Waals surface area contributed by atoms with Gasteiger partial charge in [-0.2, -0.15) is 0 Å². The van der Waals surface area contributed by atoms with Gasteiger partial charge in [0.15, 0.2) is 0 Å². The minimum absolute atomic E-state index is 0.324. The van der Waals surface area contributed by atoms with Gasteiger partial charge >= 0.3 is 5.97 Å². The van der Waals surface area contributed by atoms with Crippen LogP contribution in [0, 0.1) is 6.92 Å². The van der Waals surface area contributed by atoms with Crippen molar-refractivity contribution in [2.24, 2.45) is 0 Å². The normalized spacial score (nSPS) is 10.5. The molecule has 0 saturated carbocycles. The van der Waals surface area contributed by atoms with Gasteiger partial charge in [-0.1, -0.05) is 15.9 Å². The molecular formula is C14H14BrNO3. The number of rotatable bonds is 3. The average molecular weight is 324 g/mol. The molecule has 0 atom stereocenters. The Morgan fingerprint density at radius 1 is 1.37 bits per heavy atom. The number of ether oxygens (including phenoxy) is 2. The molecule has 1 aromatic carbocycles. The highest BCUT2D eigenvalue weighted by Crippen LogP contribution is 2.30. The van der Waals surface area contributed by atoms with Crippen molar-refractivity contribution in [1.29, 1.82) is 0 Å². The number of fused-ring (bicyclic) bond motifs is 1. The molecule has 0 aliphatic carbocycles. The Balaban J connectivity index is 2.75. The van der Waals surface area contributed by atoms with Crippen molar-refractivity contribution in [2.45, 2.75) is 13.8 Å². The Hall–Kier alpha value is -1.62. The smallest absolute Gasteiger partial charge is 0.340 e. The van der Waals surface area contributed by atoms with E-state index < -0.39 is 5.97 Å². The minimum atomic E-state index is -0.392. The summed E-state index contributed by atoms with van der Waals surface area (Å²) >= 11 is 3.49. The molecule has 2 aromatic rings. The van der Waals surface area contributed by atoms with Crippen LogP contribution in [0.15, 0.2) is 22.7 Å². The summed E-state index contributed by atoms with van der Waals surface area (Å²) in [6.07, 6.45) is 0. The van der Waals surface area contributed by atoms with E-state index in [4.69, 9.17) is 9.47 Å². The number of benzene rings is 1. The van der Waals surface area contributed by atoms with Crippen LogP contribution in [0.1, 0.15) is 23.0 Å². The van der Waals surface area contributed by atoms with Gasteiger partial charge in [-0.25, -0.2) is 4.79 Å². The topological polar surface area (TPSA) is 48.4 Å². The number of carbonyl (C=O) groups is 1. The first-order chi connectivity index (χ1) is 9.06. The molecule has 0 bridgehead atoms. The zero-order valence-electron chi connectivity index (χ0n) is 11.0. The second-order valence-electron chi connectivity index (χ2n) is 4.04. The minimum Gasteiger partial charge on any atom is -0.497 e. The molecule has 100 valence electrons. The molecule has 0 spiro atoms. The average Bonchev–Trinajstić information content (AvgIpc) is 2.38. The maximum absolute atomic E-state index is 12.0. The number of nitrogens with zero attached hydrogens (tertiary/aromatic N) is 1. The molecule has 0 aliphatic heterocycles. The van der Waals surface area contributed by atoms with Crippen LogP contribution in [0.4, 0.5) is 0 Å². The van der Waals surface area contributed by atoms with E-state index in [1.165, 1.54) is 0 Å². The Bertz CT molecular complexity index is 640. The van der Waals surface area contributed by atoms with Gasteiger partial charge < -0.3 is 9.47 Å². The van der Waals surface area contributed by atoms with Crippen molar-refractivity contribution in [2.75, 3.05) is 13.7 Å². The first-order valence-corrected chi connectivity index (χ1v) is 6.68. The number of aromatic nitrogens is 1. The highest BCUT2D eigenvalue weighted by atomic mass is 79.9. The Labute approximate surface area is 119 Å². The first kappa shape index (κ1) is 13.8. The second kappa shape index (κ2) is 5.57. The Kier molecular flexibility index (Phi) is 4.04. The zero-order chi connectivity index (χ0) is 14.0. The molecule has 19 heavy (non-hydrogen) atoms. The first-order valence-electron chi connectivity index (χ1n) is 5.88. The van der Waals surface area contributed by atoms with Gasteiger partial charge in [0.25, 0.3) is 0 Å². The van der Waals surface area contributed by atoms with Crippen molar-refractivity contribution < 1.29 is 14.3 Å². The molecule has 5 heteroatoms. The van der Waals surface area contributed by atoms with Crippen molar-refractivity contribution in [3.8, 4) is 5.75 Å². The van der Waals surface area contributed by atoms with Crippen molar-refractivity contribution >= 4 is 32.8 Å². The van der Waals surface area contributed by atoms with Gasteiger partial charge in [-0.3, -0.25) is 4.98 Å². The fourth-order valence-corrected chi connectivity index (χ4v) is 2.50. The number of hydrogen-bond donors (Lipinski definition) is 0. The number of esters is 1. The summed E-state index contributed by atoms with van der Waals surface area (Å²) in [7, 11) is 1.56. The van der Waals surface area contributed by atoms with Crippen LogP contribution in [0.3, 0.4) is 0 Å². The monoisotopic (exact) mass is 323 g/mol. The number of halogens is 1. The lowest BCUT2D eigenvalue weighted by molar-refractivity contribution is 0.0528. The lowest BCUT2D eigenvalue weighted by atomic mass is 10.1. The lowest BCUT2D eigenvalue weighted by Crippen LogP contribution is -2.07. The zero-order valence-corrected chi connectivity index (χ0v) is 12.6. The summed E-state index contributed by atoms with van der Waals surface area (Å²) in [6, 6.07) is 5.39. The molecule has 0 radical (unpaired) electrons. The van der Waals surface area contributed by atoms with Crippen LogP contribution in [-0.4, -0.2) is 24.7 Å². The predicted molar refractivity (Wildman–Crippen MR) is 76.7 cm³/mol. The number of pyridine rings is 1. The molecule has 0 amide bonds. The molecule has 0 aliphatic rings. The molecule has 1 heterocycles. The van der Waals surface area contributed by atoms with Crippen LogP contribution in [0.2, 0.25) is 0 Å². The van der Waals surface area contributed by atoms with E-state index in [1.807, 2.05) is 19.1 Å². The molecular weight excluding hydrogens is 310 g/mol. The van der Waals surface area contributed by atoms with Crippen LogP contribution in [-0.2, 0) is 4.74 Å². The molecule has 1 aromatic heterocycles. The van der Waals surface area contributed by atoms with E-state index in [2.05, 4.69) is 20.9 Å². The summed E-state index contributed by atoms with van der Waals surface area (Å²) in [5.41, 5.74) is 1.86. The fourth-order valence-electron chi connectivity index (χ4n) is 1.86. The van der Waals surface area contributed by atoms with Crippen LogP contribution in [0.25, 0.3) is 10.9 Å². The van der Waals surface area contributed by atoms with E-state index in [-0.39, 0.29) is 0 Å². The third-order valence-electron chi connectivity index (χ3n) is 2.70. The number of methoxy groups -OCH3 is 1.